The van der Waals surface area contributed by atoms with Gasteiger partial charge in [0.15, 0.2) is 11.5 Å². The first kappa shape index (κ1) is 14.3. The molecular formula is C18H12FN3O2. The number of aryl methyl sites for hydroxylation is 1. The zero-order chi connectivity index (χ0) is 16.7. The van der Waals surface area contributed by atoms with Gasteiger partial charge in [-0.25, -0.2) is 9.37 Å². The fourth-order valence-corrected chi connectivity index (χ4v) is 2.63. The summed E-state index contributed by atoms with van der Waals surface area (Å²) in [5, 5.41) is 9.50. The largest absolute Gasteiger partial charge is 0.454 e. The summed E-state index contributed by atoms with van der Waals surface area (Å²) in [4.78, 5) is 7.34. The van der Waals surface area contributed by atoms with Crippen LogP contribution in [0.5, 0.6) is 11.5 Å². The van der Waals surface area contributed by atoms with Crippen molar-refractivity contribution in [1.29, 1.82) is 5.26 Å². The minimum Gasteiger partial charge on any atom is -0.454 e. The van der Waals surface area contributed by atoms with Crippen LogP contribution in [-0.4, -0.2) is 16.8 Å². The summed E-state index contributed by atoms with van der Waals surface area (Å²) in [6.45, 7) is 2.12. The Morgan fingerprint density at radius 2 is 2.08 bits per heavy atom. The molecule has 2 heterocycles. The molecule has 0 spiro atoms. The highest BCUT2D eigenvalue weighted by Crippen LogP contribution is 2.35. The first-order valence-electron chi connectivity index (χ1n) is 7.32. The van der Waals surface area contributed by atoms with Crippen LogP contribution in [0.2, 0.25) is 0 Å². The molecule has 0 bridgehead atoms. The lowest BCUT2D eigenvalue weighted by Crippen LogP contribution is -1.92. The maximum Gasteiger partial charge on any atom is 0.231 e. The van der Waals surface area contributed by atoms with E-state index >= 15 is 0 Å². The highest BCUT2D eigenvalue weighted by Gasteiger charge is 2.16. The van der Waals surface area contributed by atoms with Crippen LogP contribution in [0.1, 0.15) is 17.0 Å². The average Bonchev–Trinajstić information content (AvgIpc) is 3.17. The van der Waals surface area contributed by atoms with Gasteiger partial charge in [-0.3, -0.25) is 0 Å². The fourth-order valence-electron chi connectivity index (χ4n) is 2.63. The molecule has 2 aromatic carbocycles. The van der Waals surface area contributed by atoms with Gasteiger partial charge in [0, 0.05) is 0 Å². The molecule has 0 saturated heterocycles. The van der Waals surface area contributed by atoms with Crippen LogP contribution in [0.3, 0.4) is 0 Å². The zero-order valence-electron chi connectivity index (χ0n) is 12.8. The number of aromatic nitrogens is 2. The van der Waals surface area contributed by atoms with Gasteiger partial charge in [-0.1, -0.05) is 0 Å². The maximum atomic E-state index is 13.3. The molecule has 4 rings (SSSR count). The number of H-pyrrole nitrogens is 1. The molecule has 0 amide bonds. The van der Waals surface area contributed by atoms with E-state index in [2.05, 4.69) is 16.0 Å². The van der Waals surface area contributed by atoms with E-state index in [4.69, 9.17) is 9.47 Å². The van der Waals surface area contributed by atoms with Gasteiger partial charge in [0.2, 0.25) is 6.79 Å². The van der Waals surface area contributed by atoms with Crippen LogP contribution < -0.4 is 9.47 Å². The number of halogens is 1. The Labute approximate surface area is 137 Å². The highest BCUT2D eigenvalue weighted by atomic mass is 19.1. The predicted octanol–water partition coefficient (Wildman–Crippen LogP) is 3.80. The SMILES string of the molecule is Cc1cc2c(cc1/C=C(/C#N)c1nc3ccc(F)cc3[nH]1)OCO2. The molecule has 6 heteroatoms. The Morgan fingerprint density at radius 1 is 1.29 bits per heavy atom. The van der Waals surface area contributed by atoms with Crippen molar-refractivity contribution in [3.63, 3.8) is 0 Å². The minimum atomic E-state index is -0.355. The Bertz CT molecular complexity index is 1030. The Hall–Kier alpha value is -3.33. The molecule has 0 atom stereocenters. The second kappa shape index (κ2) is 5.39. The lowest BCUT2D eigenvalue weighted by atomic mass is 10.0. The first-order chi connectivity index (χ1) is 11.6. The maximum absolute atomic E-state index is 13.3. The van der Waals surface area contributed by atoms with E-state index in [0.29, 0.717) is 33.9 Å². The van der Waals surface area contributed by atoms with Gasteiger partial charge in [0.05, 0.1) is 16.6 Å². The molecule has 5 nitrogen and oxygen atoms in total. The molecule has 0 aliphatic carbocycles. The number of hydrogen-bond donors (Lipinski definition) is 1. The minimum absolute atomic E-state index is 0.197. The quantitative estimate of drug-likeness (QED) is 0.729. The number of fused-ring (bicyclic) bond motifs is 2. The van der Waals surface area contributed by atoms with Crippen molar-refractivity contribution >= 4 is 22.7 Å². The van der Waals surface area contributed by atoms with Gasteiger partial charge in [-0.2, -0.15) is 5.26 Å². The number of hydrogen-bond acceptors (Lipinski definition) is 4. The van der Waals surface area contributed by atoms with E-state index in [0.717, 1.165) is 11.1 Å². The Balaban J connectivity index is 1.80. The molecule has 0 unspecified atom stereocenters. The van der Waals surface area contributed by atoms with E-state index in [1.165, 1.54) is 12.1 Å². The van der Waals surface area contributed by atoms with Gasteiger partial charge in [0.1, 0.15) is 17.7 Å². The van der Waals surface area contributed by atoms with E-state index < -0.39 is 0 Å². The number of nitriles is 1. The van der Waals surface area contributed by atoms with Crippen LogP contribution in [0.4, 0.5) is 4.39 Å². The van der Waals surface area contributed by atoms with Crippen molar-refractivity contribution in [3.05, 3.63) is 53.1 Å². The monoisotopic (exact) mass is 321 g/mol. The molecular weight excluding hydrogens is 309 g/mol. The molecule has 1 aromatic heterocycles. The molecule has 0 saturated carbocycles. The normalized spacial score (nSPS) is 13.3. The Kier molecular flexibility index (Phi) is 3.21. The van der Waals surface area contributed by atoms with Crippen molar-refractivity contribution in [3.8, 4) is 17.6 Å². The third-order valence-electron chi connectivity index (χ3n) is 3.88. The summed E-state index contributed by atoms with van der Waals surface area (Å²) in [7, 11) is 0. The second-order valence-electron chi connectivity index (χ2n) is 5.48. The van der Waals surface area contributed by atoms with Crippen LogP contribution in [0.25, 0.3) is 22.7 Å². The standard InChI is InChI=1S/C18H12FN3O2/c1-10-4-16-17(24-9-23-16)6-11(10)5-12(8-20)18-21-14-3-2-13(19)7-15(14)22-18/h2-7H,9H2,1H3,(H,21,22)/b12-5-. The second-order valence-corrected chi connectivity index (χ2v) is 5.48. The summed E-state index contributed by atoms with van der Waals surface area (Å²) >= 11 is 0. The van der Waals surface area contributed by atoms with Crippen molar-refractivity contribution < 1.29 is 13.9 Å². The average molecular weight is 321 g/mol. The molecule has 24 heavy (non-hydrogen) atoms. The van der Waals surface area contributed by atoms with E-state index in [9.17, 15) is 9.65 Å². The number of imidazole rings is 1. The molecule has 118 valence electrons. The molecule has 1 aliphatic heterocycles. The summed E-state index contributed by atoms with van der Waals surface area (Å²) in [5.41, 5.74) is 3.30. The number of ether oxygens (including phenoxy) is 2. The first-order valence-corrected chi connectivity index (χ1v) is 7.32. The number of allylic oxidation sites excluding steroid dienone is 1. The van der Waals surface area contributed by atoms with Crippen molar-refractivity contribution in [1.82, 2.24) is 9.97 Å². The van der Waals surface area contributed by atoms with Crippen molar-refractivity contribution in [2.24, 2.45) is 0 Å². The van der Waals surface area contributed by atoms with Gasteiger partial charge < -0.3 is 14.5 Å². The fraction of sp³-hybridized carbons (Fsp3) is 0.111. The van der Waals surface area contributed by atoms with E-state index in [1.54, 1.807) is 12.1 Å². The lowest BCUT2D eigenvalue weighted by Gasteiger charge is -2.04. The van der Waals surface area contributed by atoms with Gasteiger partial charge in [0.25, 0.3) is 0 Å². The van der Waals surface area contributed by atoms with Crippen molar-refractivity contribution in [2.45, 2.75) is 6.92 Å². The lowest BCUT2D eigenvalue weighted by molar-refractivity contribution is 0.174. The third kappa shape index (κ3) is 2.36. The van der Waals surface area contributed by atoms with Crippen LogP contribution in [0.15, 0.2) is 30.3 Å². The van der Waals surface area contributed by atoms with E-state index in [1.807, 2.05) is 19.1 Å². The summed E-state index contributed by atoms with van der Waals surface area (Å²) in [5.74, 6) is 1.39. The molecule has 0 radical (unpaired) electrons. The Morgan fingerprint density at radius 3 is 2.88 bits per heavy atom. The predicted molar refractivity (Wildman–Crippen MR) is 86.8 cm³/mol. The third-order valence-corrected chi connectivity index (χ3v) is 3.88. The van der Waals surface area contributed by atoms with Gasteiger partial charge in [-0.05, 0) is 54.5 Å². The zero-order valence-corrected chi connectivity index (χ0v) is 12.8. The summed E-state index contributed by atoms with van der Waals surface area (Å²) in [6, 6.07) is 10.1. The number of aromatic amines is 1. The summed E-state index contributed by atoms with van der Waals surface area (Å²) in [6.07, 6.45) is 1.73. The molecule has 1 N–H and O–H groups in total. The van der Waals surface area contributed by atoms with E-state index in [-0.39, 0.29) is 12.6 Å². The van der Waals surface area contributed by atoms with Gasteiger partial charge >= 0.3 is 0 Å². The van der Waals surface area contributed by atoms with Crippen LogP contribution >= 0.6 is 0 Å². The topological polar surface area (TPSA) is 70.9 Å². The van der Waals surface area contributed by atoms with Crippen molar-refractivity contribution in [2.75, 3.05) is 6.79 Å². The number of nitrogens with zero attached hydrogens (tertiary/aromatic N) is 2. The highest BCUT2D eigenvalue weighted by molar-refractivity contribution is 5.91. The van der Waals surface area contributed by atoms with Crippen LogP contribution in [-0.2, 0) is 0 Å². The number of nitrogens with one attached hydrogen (secondary N) is 1. The molecule has 1 aliphatic rings. The van der Waals surface area contributed by atoms with Crippen LogP contribution in [0, 0.1) is 24.1 Å². The molecule has 0 fully saturated rings. The smallest absolute Gasteiger partial charge is 0.231 e. The number of rotatable bonds is 2. The number of benzene rings is 2. The summed E-state index contributed by atoms with van der Waals surface area (Å²) < 4.78 is 24.0. The van der Waals surface area contributed by atoms with Gasteiger partial charge in [-0.15, -0.1) is 0 Å². The molecule has 3 aromatic rings.